The smallest absolute Gasteiger partial charge is 0.272 e. The number of nitrogens with zero attached hydrogens (tertiary/aromatic N) is 5. The first kappa shape index (κ1) is 19.7. The quantitative estimate of drug-likeness (QED) is 0.604. The molecule has 1 saturated carbocycles. The maximum absolute atomic E-state index is 12.5. The Kier molecular flexibility index (Phi) is 5.38. The highest BCUT2D eigenvalue weighted by atomic mass is 16.5. The molecule has 31 heavy (non-hydrogen) atoms. The summed E-state index contributed by atoms with van der Waals surface area (Å²) in [5, 5.41) is 15.2. The second kappa shape index (κ2) is 8.47. The van der Waals surface area contributed by atoms with E-state index in [9.17, 15) is 4.79 Å². The number of ether oxygens (including phenoxy) is 1. The molecule has 0 unspecified atom stereocenters. The number of benzene rings is 1. The Labute approximate surface area is 181 Å². The first-order chi connectivity index (χ1) is 15.1. The normalized spacial score (nSPS) is 16.7. The van der Waals surface area contributed by atoms with Gasteiger partial charge in [-0.2, -0.15) is 10.2 Å². The van der Waals surface area contributed by atoms with Crippen molar-refractivity contribution in [2.45, 2.75) is 38.0 Å². The minimum absolute atomic E-state index is 0.130. The lowest BCUT2D eigenvalue weighted by Crippen LogP contribution is -2.58. The van der Waals surface area contributed by atoms with Gasteiger partial charge in [-0.15, -0.1) is 5.10 Å². The maximum atomic E-state index is 12.5. The number of carbonyl (C=O) groups is 1. The zero-order chi connectivity index (χ0) is 21.2. The molecule has 5 rings (SSSR count). The topological polar surface area (TPSA) is 85.2 Å². The van der Waals surface area contributed by atoms with Crippen molar-refractivity contribution in [1.29, 1.82) is 0 Å². The van der Waals surface area contributed by atoms with Gasteiger partial charge in [-0.1, -0.05) is 12.1 Å². The van der Waals surface area contributed by atoms with Crippen LogP contribution in [0, 0.1) is 0 Å². The fourth-order valence-electron chi connectivity index (χ4n) is 3.84. The Balaban J connectivity index is 1.06. The van der Waals surface area contributed by atoms with E-state index in [1.165, 1.54) is 18.4 Å². The van der Waals surface area contributed by atoms with E-state index in [4.69, 9.17) is 4.74 Å². The van der Waals surface area contributed by atoms with Crippen molar-refractivity contribution in [3.05, 3.63) is 71.3 Å². The fraction of sp³-hybridized carbons (Fsp3) is 0.391. The molecule has 3 aromatic rings. The first-order valence-electron chi connectivity index (χ1n) is 10.7. The second-order valence-corrected chi connectivity index (χ2v) is 8.47. The molecule has 1 aliphatic carbocycles. The first-order valence-corrected chi connectivity index (χ1v) is 10.7. The Morgan fingerprint density at radius 1 is 1.16 bits per heavy atom. The van der Waals surface area contributed by atoms with Crippen molar-refractivity contribution >= 4 is 5.91 Å². The third kappa shape index (κ3) is 4.91. The lowest BCUT2D eigenvalue weighted by atomic mass is 10.1. The monoisotopic (exact) mass is 418 g/mol. The van der Waals surface area contributed by atoms with Crippen LogP contribution in [0.2, 0.25) is 0 Å². The standard InChI is InChI=1S/C23H26N6O2/c1-28-11-17(9-25-28)15-31-21-6-2-16(3-7-21)12-29-13-20(14-29)26-23(30)22-8-19(10-24-27-22)18-4-5-18/h2-3,6-11,18,20H,4-5,12-15H2,1H3,(H,26,30). The largest absolute Gasteiger partial charge is 0.489 e. The third-order valence-electron chi connectivity index (χ3n) is 5.74. The van der Waals surface area contributed by atoms with E-state index in [0.29, 0.717) is 18.2 Å². The van der Waals surface area contributed by atoms with Gasteiger partial charge in [0.2, 0.25) is 0 Å². The molecule has 1 amide bonds. The van der Waals surface area contributed by atoms with E-state index in [2.05, 4.69) is 37.6 Å². The van der Waals surface area contributed by atoms with Crippen molar-refractivity contribution in [2.75, 3.05) is 13.1 Å². The van der Waals surface area contributed by atoms with Gasteiger partial charge >= 0.3 is 0 Å². The van der Waals surface area contributed by atoms with Crippen LogP contribution >= 0.6 is 0 Å². The Hall–Kier alpha value is -3.26. The maximum Gasteiger partial charge on any atom is 0.272 e. The summed E-state index contributed by atoms with van der Waals surface area (Å²) >= 11 is 0. The summed E-state index contributed by atoms with van der Waals surface area (Å²) in [5.41, 5.74) is 3.82. The van der Waals surface area contributed by atoms with Crippen LogP contribution in [0.4, 0.5) is 0 Å². The van der Waals surface area contributed by atoms with Crippen molar-refractivity contribution in [2.24, 2.45) is 7.05 Å². The number of likely N-dealkylation sites (tertiary alicyclic amines) is 1. The van der Waals surface area contributed by atoms with Crippen LogP contribution in [0.5, 0.6) is 5.75 Å². The van der Waals surface area contributed by atoms with E-state index in [1.54, 1.807) is 10.9 Å². The van der Waals surface area contributed by atoms with E-state index < -0.39 is 0 Å². The summed E-state index contributed by atoms with van der Waals surface area (Å²) in [5.74, 6) is 1.28. The number of rotatable bonds is 8. The highest BCUT2D eigenvalue weighted by Gasteiger charge is 2.29. The molecule has 8 heteroatoms. The Morgan fingerprint density at radius 2 is 1.97 bits per heavy atom. The molecule has 0 atom stereocenters. The molecule has 2 aromatic heterocycles. The van der Waals surface area contributed by atoms with Gasteiger partial charge in [0.15, 0.2) is 5.69 Å². The summed E-state index contributed by atoms with van der Waals surface area (Å²) in [4.78, 5) is 14.8. The van der Waals surface area contributed by atoms with Crippen molar-refractivity contribution in [3.8, 4) is 5.75 Å². The molecular formula is C23H26N6O2. The van der Waals surface area contributed by atoms with Crippen LogP contribution in [-0.4, -0.2) is 49.9 Å². The number of hydrogen-bond donors (Lipinski definition) is 1. The van der Waals surface area contributed by atoms with Crippen molar-refractivity contribution in [1.82, 2.24) is 30.2 Å². The van der Waals surface area contributed by atoms with Gasteiger partial charge in [0.25, 0.3) is 5.91 Å². The predicted molar refractivity (Wildman–Crippen MR) is 115 cm³/mol. The number of carbonyl (C=O) groups excluding carboxylic acids is 1. The molecule has 2 aliphatic rings. The summed E-state index contributed by atoms with van der Waals surface area (Å²) in [6.45, 7) is 3.03. The van der Waals surface area contributed by atoms with Gasteiger partial charge in [0.1, 0.15) is 12.4 Å². The zero-order valence-corrected chi connectivity index (χ0v) is 17.6. The minimum Gasteiger partial charge on any atom is -0.489 e. The molecule has 3 heterocycles. The molecule has 0 radical (unpaired) electrons. The van der Waals surface area contributed by atoms with Crippen LogP contribution in [0.25, 0.3) is 0 Å². The molecule has 1 N–H and O–H groups in total. The summed E-state index contributed by atoms with van der Waals surface area (Å²) in [6.07, 6.45) is 7.90. The fourth-order valence-corrected chi connectivity index (χ4v) is 3.84. The second-order valence-electron chi connectivity index (χ2n) is 8.47. The van der Waals surface area contributed by atoms with Gasteiger partial charge < -0.3 is 10.1 Å². The number of amides is 1. The van der Waals surface area contributed by atoms with Crippen molar-refractivity contribution < 1.29 is 9.53 Å². The average Bonchev–Trinajstić information content (AvgIpc) is 3.53. The third-order valence-corrected chi connectivity index (χ3v) is 5.74. The van der Waals surface area contributed by atoms with Crippen LogP contribution < -0.4 is 10.1 Å². The number of hydrogen-bond acceptors (Lipinski definition) is 6. The highest BCUT2D eigenvalue weighted by molar-refractivity contribution is 5.92. The minimum atomic E-state index is -0.130. The lowest BCUT2D eigenvalue weighted by molar-refractivity contribution is 0.0789. The molecular weight excluding hydrogens is 392 g/mol. The molecule has 160 valence electrons. The number of aryl methyl sites for hydroxylation is 1. The number of aromatic nitrogens is 4. The van der Waals surface area contributed by atoms with Gasteiger partial charge in [0, 0.05) is 38.4 Å². The predicted octanol–water partition coefficient (Wildman–Crippen LogP) is 2.28. The molecule has 0 bridgehead atoms. The summed E-state index contributed by atoms with van der Waals surface area (Å²) in [6, 6.07) is 10.2. The van der Waals surface area contributed by atoms with Gasteiger partial charge in [-0.05, 0) is 48.1 Å². The van der Waals surface area contributed by atoms with E-state index in [-0.39, 0.29) is 11.9 Å². The molecule has 1 aliphatic heterocycles. The van der Waals surface area contributed by atoms with Gasteiger partial charge in [-0.25, -0.2) is 0 Å². The van der Waals surface area contributed by atoms with Crippen LogP contribution in [-0.2, 0) is 20.2 Å². The molecule has 2 fully saturated rings. The lowest BCUT2D eigenvalue weighted by Gasteiger charge is -2.39. The van der Waals surface area contributed by atoms with Gasteiger partial charge in [0.05, 0.1) is 18.4 Å². The molecule has 0 spiro atoms. The number of nitrogens with one attached hydrogen (secondary N) is 1. The average molecular weight is 419 g/mol. The van der Waals surface area contributed by atoms with Gasteiger partial charge in [-0.3, -0.25) is 14.4 Å². The van der Waals surface area contributed by atoms with Crippen LogP contribution in [0.1, 0.15) is 45.9 Å². The Morgan fingerprint density at radius 3 is 2.68 bits per heavy atom. The van der Waals surface area contributed by atoms with Crippen molar-refractivity contribution in [3.63, 3.8) is 0 Å². The van der Waals surface area contributed by atoms with E-state index in [0.717, 1.165) is 36.5 Å². The molecule has 1 aromatic carbocycles. The summed E-state index contributed by atoms with van der Waals surface area (Å²) < 4.78 is 7.58. The van der Waals surface area contributed by atoms with Crippen LogP contribution in [0.3, 0.4) is 0 Å². The molecule has 1 saturated heterocycles. The van der Waals surface area contributed by atoms with E-state index in [1.807, 2.05) is 37.6 Å². The SMILES string of the molecule is Cn1cc(COc2ccc(CN3CC(NC(=O)c4cc(C5CC5)cnn4)C3)cc2)cn1. The summed E-state index contributed by atoms with van der Waals surface area (Å²) in [7, 11) is 1.89. The van der Waals surface area contributed by atoms with E-state index >= 15 is 0 Å². The van der Waals surface area contributed by atoms with Crippen LogP contribution in [0.15, 0.2) is 48.9 Å². The molecule has 8 nitrogen and oxygen atoms in total. The highest BCUT2D eigenvalue weighted by Crippen LogP contribution is 2.39. The zero-order valence-electron chi connectivity index (χ0n) is 17.6. The Bertz CT molecular complexity index is 1050.